The van der Waals surface area contributed by atoms with Gasteiger partial charge in [0.15, 0.2) is 0 Å². The van der Waals surface area contributed by atoms with Gasteiger partial charge in [-0.3, -0.25) is 0 Å². The van der Waals surface area contributed by atoms with Crippen molar-refractivity contribution in [2.75, 3.05) is 0 Å². The van der Waals surface area contributed by atoms with Crippen LogP contribution < -0.4 is 0 Å². The van der Waals surface area contributed by atoms with Crippen LogP contribution in [0.1, 0.15) is 62.5 Å². The molecule has 4 unspecified atom stereocenters. The molecule has 2 saturated carbocycles. The molecule has 150 valence electrons. The van der Waals surface area contributed by atoms with Crippen LogP contribution in [0.15, 0.2) is 48.6 Å². The first-order valence-electron chi connectivity index (χ1n) is 10.7. The minimum atomic E-state index is -0.511. The van der Waals surface area contributed by atoms with Gasteiger partial charge in [-0.2, -0.15) is 5.26 Å². The van der Waals surface area contributed by atoms with Crippen LogP contribution in [0.2, 0.25) is 0 Å². The van der Waals surface area contributed by atoms with E-state index < -0.39 is 11.6 Å². The Morgan fingerprint density at radius 2 is 1.59 bits per heavy atom. The second kappa shape index (κ2) is 8.49. The lowest BCUT2D eigenvalue weighted by Gasteiger charge is -2.42. The molecule has 0 saturated heterocycles. The number of allylic oxidation sites excluding steroid dienone is 2. The molecular weight excluding hydrogens is 364 g/mol. The molecule has 29 heavy (non-hydrogen) atoms. The van der Waals surface area contributed by atoms with E-state index in [1.165, 1.54) is 31.4 Å². The number of nitrogens with zero attached hydrogens (tertiary/aromatic N) is 1. The molecule has 1 nitrogen and oxygen atoms in total. The van der Waals surface area contributed by atoms with Crippen LogP contribution in [0.3, 0.4) is 0 Å². The molecule has 2 aliphatic carbocycles. The van der Waals surface area contributed by atoms with E-state index in [-0.39, 0.29) is 11.5 Å². The average molecular weight is 392 g/mol. The van der Waals surface area contributed by atoms with E-state index in [1.54, 1.807) is 24.3 Å². The molecule has 0 bridgehead atoms. The molecule has 0 radical (unpaired) electrons. The maximum atomic E-state index is 14.9. The zero-order chi connectivity index (χ0) is 20.4. The fourth-order valence-corrected chi connectivity index (χ4v) is 5.49. The van der Waals surface area contributed by atoms with Gasteiger partial charge in [-0.15, -0.1) is 0 Å². The Balaban J connectivity index is 1.52. The third kappa shape index (κ3) is 4.13. The Hall–Kier alpha value is -2.47. The Kier molecular flexibility index (Phi) is 5.81. The van der Waals surface area contributed by atoms with Crippen LogP contribution in [0, 0.1) is 40.7 Å². The number of benzene rings is 2. The molecule has 4 atom stereocenters. The van der Waals surface area contributed by atoms with Crippen LogP contribution in [0.25, 0.3) is 11.1 Å². The van der Waals surface area contributed by atoms with Gasteiger partial charge in [-0.05, 0) is 105 Å². The minimum absolute atomic E-state index is 0.00112. The van der Waals surface area contributed by atoms with Crippen molar-refractivity contribution in [1.82, 2.24) is 0 Å². The predicted octanol–water partition coefficient (Wildman–Crippen LogP) is 7.38. The molecule has 2 aromatic carbocycles. The van der Waals surface area contributed by atoms with E-state index in [0.29, 0.717) is 23.0 Å². The summed E-state index contributed by atoms with van der Waals surface area (Å²) in [5, 5.41) is 8.91. The normalized spacial score (nSPS) is 26.8. The second-order valence-electron chi connectivity index (χ2n) is 8.68. The highest BCUT2D eigenvalue weighted by atomic mass is 19.1. The third-order valence-corrected chi connectivity index (χ3v) is 6.96. The number of nitriles is 1. The molecule has 2 fully saturated rings. The highest BCUT2D eigenvalue weighted by Gasteiger charge is 2.35. The topological polar surface area (TPSA) is 23.8 Å². The summed E-state index contributed by atoms with van der Waals surface area (Å²) in [4.78, 5) is 0. The molecule has 2 aliphatic rings. The fraction of sp³-hybridized carbons (Fsp3) is 0.423. The predicted molar refractivity (Wildman–Crippen MR) is 112 cm³/mol. The van der Waals surface area contributed by atoms with Crippen molar-refractivity contribution in [2.45, 2.75) is 51.4 Å². The molecule has 4 rings (SSSR count). The van der Waals surface area contributed by atoms with Crippen LogP contribution in [-0.2, 0) is 0 Å². The van der Waals surface area contributed by atoms with Gasteiger partial charge >= 0.3 is 0 Å². The van der Waals surface area contributed by atoms with Crippen LogP contribution in [0.5, 0.6) is 0 Å². The van der Waals surface area contributed by atoms with Crippen LogP contribution >= 0.6 is 0 Å². The summed E-state index contributed by atoms with van der Waals surface area (Å²) < 4.78 is 29.8. The highest BCUT2D eigenvalue weighted by molar-refractivity contribution is 5.66. The maximum Gasteiger partial charge on any atom is 0.134 e. The highest BCUT2D eigenvalue weighted by Crippen LogP contribution is 2.48. The fourth-order valence-electron chi connectivity index (χ4n) is 5.49. The second-order valence-corrected chi connectivity index (χ2v) is 8.68. The molecule has 3 heteroatoms. The van der Waals surface area contributed by atoms with E-state index in [0.717, 1.165) is 30.7 Å². The number of rotatable bonds is 3. The lowest BCUT2D eigenvalue weighted by atomic mass is 9.64. The largest absolute Gasteiger partial charge is 0.206 e. The Morgan fingerprint density at radius 3 is 2.24 bits per heavy atom. The Bertz CT molecular complexity index is 915. The van der Waals surface area contributed by atoms with Crippen molar-refractivity contribution >= 4 is 0 Å². The van der Waals surface area contributed by atoms with Crippen LogP contribution in [0.4, 0.5) is 8.78 Å². The van der Waals surface area contributed by atoms with Crippen molar-refractivity contribution in [1.29, 1.82) is 5.26 Å². The van der Waals surface area contributed by atoms with E-state index in [9.17, 15) is 8.78 Å². The van der Waals surface area contributed by atoms with Gasteiger partial charge in [0.25, 0.3) is 0 Å². The maximum absolute atomic E-state index is 14.9. The number of hydrogen-bond donors (Lipinski definition) is 0. The summed E-state index contributed by atoms with van der Waals surface area (Å²) in [5.41, 5.74) is 1.74. The Morgan fingerprint density at radius 1 is 0.931 bits per heavy atom. The molecular formula is C26H27F2N. The first-order chi connectivity index (χ1) is 14.1. The lowest BCUT2D eigenvalue weighted by Crippen LogP contribution is -2.30. The molecule has 0 N–H and O–H groups in total. The summed E-state index contributed by atoms with van der Waals surface area (Å²) in [7, 11) is 0. The molecule has 0 amide bonds. The molecule has 0 aromatic heterocycles. The average Bonchev–Trinajstić information content (AvgIpc) is 2.73. The molecule has 2 aromatic rings. The van der Waals surface area contributed by atoms with Gasteiger partial charge < -0.3 is 0 Å². The van der Waals surface area contributed by atoms with Gasteiger partial charge in [-0.25, -0.2) is 8.78 Å². The SMILES string of the molecule is C/C=C/C1CCC2CC(c3cc(F)c(-c4ccc(C#N)cc4)c(F)c3)CCC2C1. The number of halogens is 2. The first kappa shape index (κ1) is 19.8. The molecule has 0 heterocycles. The lowest BCUT2D eigenvalue weighted by molar-refractivity contribution is 0.133. The zero-order valence-electron chi connectivity index (χ0n) is 16.9. The van der Waals surface area contributed by atoms with Crippen molar-refractivity contribution in [3.05, 3.63) is 71.3 Å². The summed E-state index contributed by atoms with van der Waals surface area (Å²) in [6.45, 7) is 2.09. The van der Waals surface area contributed by atoms with Crippen LogP contribution in [-0.4, -0.2) is 0 Å². The Labute approximate surface area is 172 Å². The van der Waals surface area contributed by atoms with E-state index in [4.69, 9.17) is 5.26 Å². The molecule has 0 aliphatic heterocycles. The monoisotopic (exact) mass is 391 g/mol. The smallest absolute Gasteiger partial charge is 0.134 e. The van der Waals surface area contributed by atoms with Gasteiger partial charge in [0, 0.05) is 0 Å². The summed E-state index contributed by atoms with van der Waals surface area (Å²) in [6, 6.07) is 11.5. The van der Waals surface area contributed by atoms with Crippen molar-refractivity contribution in [3.8, 4) is 17.2 Å². The van der Waals surface area contributed by atoms with E-state index in [2.05, 4.69) is 19.1 Å². The van der Waals surface area contributed by atoms with Crippen molar-refractivity contribution < 1.29 is 8.78 Å². The van der Waals surface area contributed by atoms with Crippen molar-refractivity contribution in [3.63, 3.8) is 0 Å². The summed E-state index contributed by atoms with van der Waals surface area (Å²) >= 11 is 0. The summed E-state index contributed by atoms with van der Waals surface area (Å²) in [6.07, 6.45) is 11.4. The van der Waals surface area contributed by atoms with E-state index >= 15 is 0 Å². The number of hydrogen-bond acceptors (Lipinski definition) is 1. The first-order valence-corrected chi connectivity index (χ1v) is 10.7. The number of fused-ring (bicyclic) bond motifs is 1. The zero-order valence-corrected chi connectivity index (χ0v) is 16.9. The standard InChI is InChI=1S/C26H27F2N/c1-2-3-17-4-9-21-13-22(11-10-20(21)12-17)23-14-24(27)26(25(28)15-23)19-7-5-18(16-29)6-8-19/h2-3,5-8,14-15,17,20-22H,4,9-13H2,1H3/b3-2+. The van der Waals surface area contributed by atoms with E-state index in [1.807, 2.05) is 6.07 Å². The molecule has 0 spiro atoms. The van der Waals surface area contributed by atoms with Crippen molar-refractivity contribution in [2.24, 2.45) is 17.8 Å². The van der Waals surface area contributed by atoms with Gasteiger partial charge in [-0.1, -0.05) is 24.3 Å². The van der Waals surface area contributed by atoms with Gasteiger partial charge in [0.05, 0.1) is 17.2 Å². The van der Waals surface area contributed by atoms with Gasteiger partial charge in [0.2, 0.25) is 0 Å². The quantitative estimate of drug-likeness (QED) is 0.501. The minimum Gasteiger partial charge on any atom is -0.206 e. The summed E-state index contributed by atoms with van der Waals surface area (Å²) in [5.74, 6) is 1.37. The third-order valence-electron chi connectivity index (χ3n) is 6.96. The van der Waals surface area contributed by atoms with Gasteiger partial charge in [0.1, 0.15) is 11.6 Å².